The Labute approximate surface area is 151 Å². The maximum Gasteiger partial charge on any atom is 0.255 e. The minimum Gasteiger partial charge on any atom is -0.486 e. The monoisotopic (exact) mass is 352 g/mol. The fourth-order valence-corrected chi connectivity index (χ4v) is 3.44. The van der Waals surface area contributed by atoms with E-state index in [0.717, 1.165) is 11.3 Å². The van der Waals surface area contributed by atoms with Gasteiger partial charge in [-0.25, -0.2) is 0 Å². The first-order valence-corrected chi connectivity index (χ1v) is 8.51. The molecule has 0 saturated heterocycles. The molecule has 134 valence electrons. The van der Waals surface area contributed by atoms with Crippen LogP contribution in [0.4, 0.5) is 11.4 Å². The van der Waals surface area contributed by atoms with E-state index in [1.165, 1.54) is 0 Å². The lowest BCUT2D eigenvalue weighted by Crippen LogP contribution is -2.33. The van der Waals surface area contributed by atoms with Crippen molar-refractivity contribution in [3.05, 3.63) is 47.5 Å². The number of ether oxygens (including phenoxy) is 2. The van der Waals surface area contributed by atoms with E-state index in [9.17, 15) is 9.59 Å². The van der Waals surface area contributed by atoms with Gasteiger partial charge in [-0.05, 0) is 55.8 Å². The molecule has 0 unspecified atom stereocenters. The summed E-state index contributed by atoms with van der Waals surface area (Å²) in [6.07, 6.45) is 0. The second-order valence-corrected chi connectivity index (χ2v) is 7.03. The number of nitrogens with zero attached hydrogens (tertiary/aromatic N) is 1. The maximum atomic E-state index is 12.6. The van der Waals surface area contributed by atoms with Gasteiger partial charge in [0, 0.05) is 24.0 Å². The van der Waals surface area contributed by atoms with Crippen molar-refractivity contribution in [2.45, 2.75) is 19.3 Å². The van der Waals surface area contributed by atoms with Gasteiger partial charge in [-0.2, -0.15) is 0 Å². The number of amides is 2. The highest BCUT2D eigenvalue weighted by atomic mass is 16.6. The fraction of sp³-hybridized carbons (Fsp3) is 0.300. The first-order valence-electron chi connectivity index (χ1n) is 8.51. The first-order chi connectivity index (χ1) is 12.4. The van der Waals surface area contributed by atoms with E-state index in [0.29, 0.717) is 36.0 Å². The molecule has 0 atom stereocenters. The molecule has 0 saturated carbocycles. The van der Waals surface area contributed by atoms with Crippen molar-refractivity contribution in [3.8, 4) is 11.5 Å². The lowest BCUT2D eigenvalue weighted by Gasteiger charge is -2.19. The standard InChI is InChI=1S/C20H20N2O4/c1-20(2)14-11-13(5-6-15(14)22(3)19(20)24)21-18(23)12-4-7-16-17(10-12)26-9-8-25-16/h4-7,10-11H,8-9H2,1-3H3,(H,21,23). The van der Waals surface area contributed by atoms with E-state index in [2.05, 4.69) is 5.32 Å². The van der Waals surface area contributed by atoms with Gasteiger partial charge in [0.2, 0.25) is 5.91 Å². The Balaban J connectivity index is 1.60. The highest BCUT2D eigenvalue weighted by Gasteiger charge is 2.42. The molecule has 0 aromatic heterocycles. The third kappa shape index (κ3) is 2.49. The molecule has 2 heterocycles. The molecule has 6 nitrogen and oxygen atoms in total. The quantitative estimate of drug-likeness (QED) is 0.902. The van der Waals surface area contributed by atoms with Crippen LogP contribution in [0.1, 0.15) is 29.8 Å². The van der Waals surface area contributed by atoms with Gasteiger partial charge >= 0.3 is 0 Å². The molecule has 0 spiro atoms. The van der Waals surface area contributed by atoms with Gasteiger partial charge in [0.15, 0.2) is 11.5 Å². The summed E-state index contributed by atoms with van der Waals surface area (Å²) in [5.74, 6) is 1.03. The van der Waals surface area contributed by atoms with E-state index in [1.807, 2.05) is 26.0 Å². The highest BCUT2D eigenvalue weighted by molar-refractivity contribution is 6.09. The molecule has 2 aromatic rings. The molecule has 26 heavy (non-hydrogen) atoms. The number of likely N-dealkylation sites (N-methyl/N-ethyl adjacent to an activating group) is 1. The van der Waals surface area contributed by atoms with Crippen LogP contribution >= 0.6 is 0 Å². The Hall–Kier alpha value is -3.02. The number of carbonyl (C=O) groups excluding carboxylic acids is 2. The second-order valence-electron chi connectivity index (χ2n) is 7.03. The Kier molecular flexibility index (Phi) is 3.64. The number of anilines is 2. The molecule has 0 fully saturated rings. The Morgan fingerprint density at radius 1 is 1.08 bits per heavy atom. The van der Waals surface area contributed by atoms with Crippen molar-refractivity contribution in [1.29, 1.82) is 0 Å². The SMILES string of the molecule is CN1C(=O)C(C)(C)c2cc(NC(=O)c3ccc4c(c3)OCCO4)ccc21. The number of fused-ring (bicyclic) bond motifs is 2. The number of carbonyl (C=O) groups is 2. The molecule has 2 aromatic carbocycles. The summed E-state index contributed by atoms with van der Waals surface area (Å²) >= 11 is 0. The van der Waals surface area contributed by atoms with Crippen LogP contribution in [0.5, 0.6) is 11.5 Å². The molecular formula is C20H20N2O4. The van der Waals surface area contributed by atoms with Crippen molar-refractivity contribution in [2.24, 2.45) is 0 Å². The van der Waals surface area contributed by atoms with E-state index < -0.39 is 5.41 Å². The van der Waals surface area contributed by atoms with Crippen LogP contribution in [0.25, 0.3) is 0 Å². The highest BCUT2D eigenvalue weighted by Crippen LogP contribution is 2.42. The summed E-state index contributed by atoms with van der Waals surface area (Å²) in [5, 5.41) is 2.90. The average Bonchev–Trinajstić information content (AvgIpc) is 2.82. The predicted octanol–water partition coefficient (Wildman–Crippen LogP) is 2.96. The number of hydrogen-bond donors (Lipinski definition) is 1. The average molecular weight is 352 g/mol. The zero-order valence-corrected chi connectivity index (χ0v) is 15.0. The lowest BCUT2D eigenvalue weighted by atomic mass is 9.86. The minimum atomic E-state index is -0.609. The van der Waals surface area contributed by atoms with Gasteiger partial charge in [0.1, 0.15) is 13.2 Å². The third-order valence-corrected chi connectivity index (χ3v) is 4.93. The second kappa shape index (κ2) is 5.76. The summed E-state index contributed by atoms with van der Waals surface area (Å²) < 4.78 is 11.0. The number of rotatable bonds is 2. The van der Waals surface area contributed by atoms with Gasteiger partial charge in [-0.15, -0.1) is 0 Å². The molecule has 2 aliphatic heterocycles. The maximum absolute atomic E-state index is 12.6. The third-order valence-electron chi connectivity index (χ3n) is 4.93. The van der Waals surface area contributed by atoms with Crippen molar-refractivity contribution in [3.63, 3.8) is 0 Å². The van der Waals surface area contributed by atoms with Gasteiger partial charge in [0.25, 0.3) is 5.91 Å². The molecule has 0 bridgehead atoms. The van der Waals surface area contributed by atoms with E-state index in [1.54, 1.807) is 36.2 Å². The zero-order chi connectivity index (χ0) is 18.5. The fourth-order valence-electron chi connectivity index (χ4n) is 3.44. The van der Waals surface area contributed by atoms with Gasteiger partial charge in [-0.3, -0.25) is 9.59 Å². The van der Waals surface area contributed by atoms with E-state index >= 15 is 0 Å². The molecule has 0 radical (unpaired) electrons. The Morgan fingerprint density at radius 2 is 1.81 bits per heavy atom. The normalized spacial score (nSPS) is 17.0. The molecule has 6 heteroatoms. The zero-order valence-electron chi connectivity index (χ0n) is 15.0. The number of benzene rings is 2. The van der Waals surface area contributed by atoms with Crippen LogP contribution < -0.4 is 19.7 Å². The van der Waals surface area contributed by atoms with Gasteiger partial charge < -0.3 is 19.7 Å². The van der Waals surface area contributed by atoms with Gasteiger partial charge in [-0.1, -0.05) is 0 Å². The molecule has 2 aliphatic rings. The van der Waals surface area contributed by atoms with E-state index in [4.69, 9.17) is 9.47 Å². The van der Waals surface area contributed by atoms with Crippen LogP contribution in [0.3, 0.4) is 0 Å². The van der Waals surface area contributed by atoms with Crippen molar-refractivity contribution >= 4 is 23.2 Å². The van der Waals surface area contributed by atoms with Crippen LogP contribution in [-0.2, 0) is 10.2 Å². The molecule has 0 aliphatic carbocycles. The summed E-state index contributed by atoms with van der Waals surface area (Å²) in [7, 11) is 1.77. The Morgan fingerprint density at radius 3 is 2.58 bits per heavy atom. The summed E-state index contributed by atoms with van der Waals surface area (Å²) in [6.45, 7) is 4.77. The summed E-state index contributed by atoms with van der Waals surface area (Å²) in [5.41, 5.74) is 2.31. The Bertz CT molecular complexity index is 920. The van der Waals surface area contributed by atoms with Crippen molar-refractivity contribution in [2.75, 3.05) is 30.5 Å². The van der Waals surface area contributed by atoms with Crippen LogP contribution in [0.2, 0.25) is 0 Å². The minimum absolute atomic E-state index is 0.0443. The number of nitrogens with one attached hydrogen (secondary N) is 1. The first kappa shape index (κ1) is 16.4. The van der Waals surface area contributed by atoms with Crippen molar-refractivity contribution in [1.82, 2.24) is 0 Å². The molecule has 2 amide bonds. The predicted molar refractivity (Wildman–Crippen MR) is 98.3 cm³/mol. The smallest absolute Gasteiger partial charge is 0.255 e. The van der Waals surface area contributed by atoms with Crippen LogP contribution in [0.15, 0.2) is 36.4 Å². The molecule has 4 rings (SSSR count). The van der Waals surface area contributed by atoms with E-state index in [-0.39, 0.29) is 11.8 Å². The summed E-state index contributed by atoms with van der Waals surface area (Å²) in [4.78, 5) is 26.6. The lowest BCUT2D eigenvalue weighted by molar-refractivity contribution is -0.121. The number of hydrogen-bond acceptors (Lipinski definition) is 4. The van der Waals surface area contributed by atoms with Crippen LogP contribution in [-0.4, -0.2) is 32.1 Å². The van der Waals surface area contributed by atoms with Gasteiger partial charge in [0.05, 0.1) is 5.41 Å². The topological polar surface area (TPSA) is 67.9 Å². The molecular weight excluding hydrogens is 332 g/mol. The molecule has 1 N–H and O–H groups in total. The summed E-state index contributed by atoms with van der Waals surface area (Å²) in [6, 6.07) is 10.7. The van der Waals surface area contributed by atoms with Crippen LogP contribution in [0, 0.1) is 0 Å². The largest absolute Gasteiger partial charge is 0.486 e. The van der Waals surface area contributed by atoms with Crippen molar-refractivity contribution < 1.29 is 19.1 Å².